The minimum atomic E-state index is 0.0117. The summed E-state index contributed by atoms with van der Waals surface area (Å²) in [6.45, 7) is 11.4. The Balaban J connectivity index is 2.16. The number of carbonyl (C=O) groups excluding carboxylic acids is 1. The minimum absolute atomic E-state index is 0.0117. The van der Waals surface area contributed by atoms with Crippen LogP contribution in [0.1, 0.15) is 42.4 Å². The molecule has 1 unspecified atom stereocenters. The maximum atomic E-state index is 12.2. The fourth-order valence-electron chi connectivity index (χ4n) is 2.19. The lowest BCUT2D eigenvalue weighted by Crippen LogP contribution is -2.30. The largest absolute Gasteiger partial charge is 0.358 e. The van der Waals surface area contributed by atoms with Crippen molar-refractivity contribution in [2.45, 2.75) is 34.6 Å². The average Bonchev–Trinajstić information content (AvgIpc) is 2.70. The smallest absolute Gasteiger partial charge is 0.251 e. The number of fused-ring (bicyclic) bond motifs is 1. The second-order valence-corrected chi connectivity index (χ2v) is 6.07. The molecular weight excluding hydrogens is 248 g/mol. The molecule has 2 rings (SSSR count). The highest BCUT2D eigenvalue weighted by Gasteiger charge is 2.12. The van der Waals surface area contributed by atoms with Gasteiger partial charge in [0.25, 0.3) is 5.91 Å². The average molecular weight is 272 g/mol. The molecule has 0 radical (unpaired) electrons. The summed E-state index contributed by atoms with van der Waals surface area (Å²) in [6.07, 6.45) is 0. The van der Waals surface area contributed by atoms with Crippen molar-refractivity contribution in [1.29, 1.82) is 0 Å². The molecule has 0 saturated carbocycles. The molecule has 1 aromatic carbocycles. The van der Waals surface area contributed by atoms with Crippen molar-refractivity contribution in [2.75, 3.05) is 6.54 Å². The number of aromatic amines is 1. The first-order chi connectivity index (χ1) is 9.40. The number of hydrogen-bond acceptors (Lipinski definition) is 1. The quantitative estimate of drug-likeness (QED) is 0.873. The lowest BCUT2D eigenvalue weighted by atomic mass is 9.98. The number of rotatable bonds is 4. The van der Waals surface area contributed by atoms with E-state index in [1.807, 2.05) is 18.2 Å². The van der Waals surface area contributed by atoms with Gasteiger partial charge in [0.1, 0.15) is 0 Å². The number of nitrogens with one attached hydrogen (secondary N) is 2. The van der Waals surface area contributed by atoms with Crippen LogP contribution in [0.3, 0.4) is 0 Å². The molecule has 1 amide bonds. The first-order valence-electron chi connectivity index (χ1n) is 7.27. The molecule has 3 heteroatoms. The molecule has 0 aliphatic carbocycles. The third-order valence-corrected chi connectivity index (χ3v) is 4.29. The van der Waals surface area contributed by atoms with Crippen molar-refractivity contribution in [3.05, 3.63) is 35.0 Å². The van der Waals surface area contributed by atoms with Crippen molar-refractivity contribution in [2.24, 2.45) is 11.8 Å². The van der Waals surface area contributed by atoms with E-state index in [-0.39, 0.29) is 5.91 Å². The molecule has 2 N–H and O–H groups in total. The second-order valence-electron chi connectivity index (χ2n) is 6.07. The number of amides is 1. The monoisotopic (exact) mass is 272 g/mol. The van der Waals surface area contributed by atoms with Crippen LogP contribution < -0.4 is 5.32 Å². The number of aromatic nitrogens is 1. The second kappa shape index (κ2) is 5.70. The highest BCUT2D eigenvalue weighted by molar-refractivity contribution is 5.99. The first-order valence-corrected chi connectivity index (χ1v) is 7.27. The Labute approximate surface area is 120 Å². The molecule has 0 bridgehead atoms. The SMILES string of the molecule is Cc1[nH]c2ccc(C(=O)NCC(C)C(C)C)cc2c1C. The number of benzene rings is 1. The number of hydrogen-bond donors (Lipinski definition) is 2. The molecule has 3 nitrogen and oxygen atoms in total. The summed E-state index contributed by atoms with van der Waals surface area (Å²) in [5.74, 6) is 1.07. The van der Waals surface area contributed by atoms with E-state index in [0.29, 0.717) is 11.8 Å². The van der Waals surface area contributed by atoms with Gasteiger partial charge >= 0.3 is 0 Å². The topological polar surface area (TPSA) is 44.9 Å². The number of H-pyrrole nitrogens is 1. The normalized spacial score (nSPS) is 12.9. The van der Waals surface area contributed by atoms with E-state index >= 15 is 0 Å². The van der Waals surface area contributed by atoms with Crippen molar-refractivity contribution in [3.8, 4) is 0 Å². The Morgan fingerprint density at radius 1 is 1.25 bits per heavy atom. The third kappa shape index (κ3) is 2.87. The molecule has 1 aromatic heterocycles. The van der Waals surface area contributed by atoms with Gasteiger partial charge in [-0.1, -0.05) is 20.8 Å². The van der Waals surface area contributed by atoms with Crippen LogP contribution in [0.4, 0.5) is 0 Å². The Bertz CT molecular complexity index is 625. The van der Waals surface area contributed by atoms with Crippen molar-refractivity contribution in [3.63, 3.8) is 0 Å². The molecule has 0 fully saturated rings. The zero-order valence-corrected chi connectivity index (χ0v) is 13.0. The van der Waals surface area contributed by atoms with Gasteiger partial charge in [-0.25, -0.2) is 0 Å². The first kappa shape index (κ1) is 14.6. The summed E-state index contributed by atoms with van der Waals surface area (Å²) in [5.41, 5.74) is 4.19. The molecule has 0 aliphatic heterocycles. The highest BCUT2D eigenvalue weighted by atomic mass is 16.1. The zero-order chi connectivity index (χ0) is 14.9. The van der Waals surface area contributed by atoms with Gasteiger partial charge in [0, 0.05) is 28.7 Å². The van der Waals surface area contributed by atoms with E-state index in [1.165, 1.54) is 5.56 Å². The van der Waals surface area contributed by atoms with Crippen LogP contribution in [0.15, 0.2) is 18.2 Å². The third-order valence-electron chi connectivity index (χ3n) is 4.29. The Morgan fingerprint density at radius 3 is 2.60 bits per heavy atom. The molecule has 1 heterocycles. The summed E-state index contributed by atoms with van der Waals surface area (Å²) in [5, 5.41) is 4.15. The van der Waals surface area contributed by atoms with Crippen molar-refractivity contribution >= 4 is 16.8 Å². The lowest BCUT2D eigenvalue weighted by molar-refractivity contribution is 0.0945. The zero-order valence-electron chi connectivity index (χ0n) is 13.0. The van der Waals surface area contributed by atoms with E-state index in [2.05, 4.69) is 44.9 Å². The maximum Gasteiger partial charge on any atom is 0.251 e. The van der Waals surface area contributed by atoms with Gasteiger partial charge in [-0.15, -0.1) is 0 Å². The van der Waals surface area contributed by atoms with Gasteiger partial charge in [-0.05, 0) is 49.4 Å². The van der Waals surface area contributed by atoms with Crippen LogP contribution in [0.5, 0.6) is 0 Å². The molecule has 1 atom stereocenters. The van der Waals surface area contributed by atoms with E-state index in [0.717, 1.165) is 28.7 Å². The maximum absolute atomic E-state index is 12.2. The fourth-order valence-corrected chi connectivity index (χ4v) is 2.19. The van der Waals surface area contributed by atoms with Crippen LogP contribution in [0.25, 0.3) is 10.9 Å². The van der Waals surface area contributed by atoms with Gasteiger partial charge < -0.3 is 10.3 Å². The van der Waals surface area contributed by atoms with E-state index < -0.39 is 0 Å². The number of carbonyl (C=O) groups is 1. The predicted octanol–water partition coefficient (Wildman–Crippen LogP) is 3.81. The van der Waals surface area contributed by atoms with Crippen LogP contribution in [-0.4, -0.2) is 17.4 Å². The van der Waals surface area contributed by atoms with Gasteiger partial charge in [0.05, 0.1) is 0 Å². The summed E-state index contributed by atoms with van der Waals surface area (Å²) >= 11 is 0. The van der Waals surface area contributed by atoms with Gasteiger partial charge in [-0.3, -0.25) is 4.79 Å². The van der Waals surface area contributed by atoms with E-state index in [4.69, 9.17) is 0 Å². The Morgan fingerprint density at radius 2 is 1.95 bits per heavy atom. The van der Waals surface area contributed by atoms with Crippen LogP contribution in [0.2, 0.25) is 0 Å². The Kier molecular flexibility index (Phi) is 4.17. The molecule has 0 aliphatic rings. The summed E-state index contributed by atoms with van der Waals surface area (Å²) in [7, 11) is 0. The molecular formula is C17H24N2O. The predicted molar refractivity (Wildman–Crippen MR) is 84.1 cm³/mol. The van der Waals surface area contributed by atoms with Gasteiger partial charge in [0.2, 0.25) is 0 Å². The Hall–Kier alpha value is -1.77. The molecule has 20 heavy (non-hydrogen) atoms. The van der Waals surface area contributed by atoms with Crippen molar-refractivity contribution < 1.29 is 4.79 Å². The highest BCUT2D eigenvalue weighted by Crippen LogP contribution is 2.22. The minimum Gasteiger partial charge on any atom is -0.358 e. The molecule has 0 spiro atoms. The lowest BCUT2D eigenvalue weighted by Gasteiger charge is -2.16. The van der Waals surface area contributed by atoms with Crippen molar-refractivity contribution in [1.82, 2.24) is 10.3 Å². The van der Waals surface area contributed by atoms with Crippen LogP contribution in [-0.2, 0) is 0 Å². The van der Waals surface area contributed by atoms with Gasteiger partial charge in [0.15, 0.2) is 0 Å². The van der Waals surface area contributed by atoms with Crippen LogP contribution in [0, 0.1) is 25.7 Å². The summed E-state index contributed by atoms with van der Waals surface area (Å²) in [6, 6.07) is 5.84. The van der Waals surface area contributed by atoms with E-state index in [1.54, 1.807) is 0 Å². The summed E-state index contributed by atoms with van der Waals surface area (Å²) in [4.78, 5) is 15.5. The molecule has 2 aromatic rings. The van der Waals surface area contributed by atoms with E-state index in [9.17, 15) is 4.79 Å². The standard InChI is InChI=1S/C17H24N2O/c1-10(2)11(3)9-18-17(20)14-6-7-16-15(8-14)12(4)13(5)19-16/h6-8,10-11,19H,9H2,1-5H3,(H,18,20). The summed E-state index contributed by atoms with van der Waals surface area (Å²) < 4.78 is 0. The number of aryl methyl sites for hydroxylation is 2. The molecule has 0 saturated heterocycles. The van der Waals surface area contributed by atoms with Gasteiger partial charge in [-0.2, -0.15) is 0 Å². The van der Waals surface area contributed by atoms with Crippen LogP contribution >= 0.6 is 0 Å². The fraction of sp³-hybridized carbons (Fsp3) is 0.471. The molecule has 108 valence electrons.